The van der Waals surface area contributed by atoms with Crippen molar-refractivity contribution in [3.63, 3.8) is 0 Å². The second-order valence-corrected chi connectivity index (χ2v) is 7.17. The smallest absolute Gasteiger partial charge is 0.142 e. The van der Waals surface area contributed by atoms with E-state index in [9.17, 15) is 39.4 Å². The van der Waals surface area contributed by atoms with Crippen LogP contribution in [0.1, 0.15) is 11.1 Å². The van der Waals surface area contributed by atoms with Crippen LogP contribution in [-0.4, -0.2) is 55.1 Å². The van der Waals surface area contributed by atoms with Crippen molar-refractivity contribution >= 4 is 35.4 Å². The Bertz CT molecular complexity index is 889. The first-order valence-corrected chi connectivity index (χ1v) is 9.20. The van der Waals surface area contributed by atoms with E-state index in [2.05, 4.69) is 0 Å². The zero-order valence-corrected chi connectivity index (χ0v) is 16.6. The van der Waals surface area contributed by atoms with E-state index in [1.807, 2.05) is 0 Å². The molecule has 0 aromatic heterocycles. The van der Waals surface area contributed by atoms with Crippen molar-refractivity contribution in [2.45, 2.75) is 24.4 Å². The van der Waals surface area contributed by atoms with Crippen LogP contribution < -0.4 is 0 Å². The number of benzene rings is 2. The average molecular weight is 463 g/mol. The molecule has 2 rings (SSSR count). The van der Waals surface area contributed by atoms with Crippen molar-refractivity contribution in [2.75, 3.05) is 0 Å². The van der Waals surface area contributed by atoms with E-state index in [0.717, 1.165) is 24.3 Å². The maximum absolute atomic E-state index is 13.4. The quantitative estimate of drug-likeness (QED) is 0.351. The Morgan fingerprint density at radius 2 is 1.03 bits per heavy atom. The first-order valence-electron chi connectivity index (χ1n) is 8.44. The standard InChI is InChI=1S/C20H18Cl2F2O6/c21-11-3-1-9(5-13(11)23)7-15(25)17(27)19(29)20(30)18(28)16(26)8-10-2-4-12(22)14(24)6-10/h1-8,17-20,25-30H/b15-7+,16-8+/t17-,18+,19-,20-/m1/s1. The van der Waals surface area contributed by atoms with E-state index >= 15 is 0 Å². The number of aliphatic hydroxyl groups excluding tert-OH is 6. The lowest BCUT2D eigenvalue weighted by Crippen LogP contribution is -2.45. The molecule has 2 aromatic rings. The molecular weight excluding hydrogens is 445 g/mol. The van der Waals surface area contributed by atoms with Gasteiger partial charge in [-0.25, -0.2) is 8.78 Å². The predicted octanol–water partition coefficient (Wildman–Crippen LogP) is 3.21. The fraction of sp³-hybridized carbons (Fsp3) is 0.200. The molecule has 0 radical (unpaired) electrons. The summed E-state index contributed by atoms with van der Waals surface area (Å²) in [6.45, 7) is 0. The average Bonchev–Trinajstić information content (AvgIpc) is 2.71. The summed E-state index contributed by atoms with van der Waals surface area (Å²) in [4.78, 5) is 0. The SMILES string of the molecule is O/C(=C/c1ccc(Cl)c(F)c1)[C@@H](O)[C@@H](O)[C@H](O)[C@@H](O)/C(O)=C\c1ccc(Cl)c(F)c1. The highest BCUT2D eigenvalue weighted by atomic mass is 35.5. The topological polar surface area (TPSA) is 121 Å². The molecule has 10 heteroatoms. The molecule has 0 saturated carbocycles. The van der Waals surface area contributed by atoms with Crippen molar-refractivity contribution in [1.29, 1.82) is 0 Å². The molecule has 0 unspecified atom stereocenters. The highest BCUT2D eigenvalue weighted by molar-refractivity contribution is 6.31. The Kier molecular flexibility index (Phi) is 8.19. The van der Waals surface area contributed by atoms with Crippen LogP contribution in [0.15, 0.2) is 47.9 Å². The summed E-state index contributed by atoms with van der Waals surface area (Å²) in [6, 6.07) is 6.99. The molecule has 0 saturated heterocycles. The number of hydrogen-bond acceptors (Lipinski definition) is 6. The van der Waals surface area contributed by atoms with Crippen LogP contribution in [0.5, 0.6) is 0 Å². The Balaban J connectivity index is 2.14. The minimum Gasteiger partial charge on any atom is -0.509 e. The molecule has 6 N–H and O–H groups in total. The summed E-state index contributed by atoms with van der Waals surface area (Å²) >= 11 is 11.1. The number of halogens is 4. The van der Waals surface area contributed by atoms with Crippen LogP contribution >= 0.6 is 23.2 Å². The Hall–Kier alpha value is -2.20. The van der Waals surface area contributed by atoms with E-state index in [1.165, 1.54) is 24.3 Å². The van der Waals surface area contributed by atoms with Crippen LogP contribution in [0.4, 0.5) is 8.78 Å². The maximum atomic E-state index is 13.4. The Morgan fingerprint density at radius 1 is 0.700 bits per heavy atom. The van der Waals surface area contributed by atoms with Crippen molar-refractivity contribution < 1.29 is 39.4 Å². The van der Waals surface area contributed by atoms with Crippen LogP contribution in [0, 0.1) is 11.6 Å². The van der Waals surface area contributed by atoms with Gasteiger partial charge in [0.05, 0.1) is 10.0 Å². The van der Waals surface area contributed by atoms with Gasteiger partial charge < -0.3 is 30.6 Å². The first-order chi connectivity index (χ1) is 14.0. The van der Waals surface area contributed by atoms with Crippen molar-refractivity contribution in [3.05, 3.63) is 80.7 Å². The highest BCUT2D eigenvalue weighted by Crippen LogP contribution is 2.21. The van der Waals surface area contributed by atoms with E-state index in [1.54, 1.807) is 0 Å². The van der Waals surface area contributed by atoms with Gasteiger partial charge in [-0.2, -0.15) is 0 Å². The summed E-state index contributed by atoms with van der Waals surface area (Å²) in [6.07, 6.45) is -6.64. The summed E-state index contributed by atoms with van der Waals surface area (Å²) in [5, 5.41) is 59.6. The van der Waals surface area contributed by atoms with E-state index in [-0.39, 0.29) is 21.2 Å². The molecule has 162 valence electrons. The van der Waals surface area contributed by atoms with Gasteiger partial charge in [0.25, 0.3) is 0 Å². The van der Waals surface area contributed by atoms with E-state index < -0.39 is 47.6 Å². The number of aliphatic hydroxyl groups is 6. The lowest BCUT2D eigenvalue weighted by atomic mass is 9.98. The molecule has 0 aliphatic heterocycles. The zero-order valence-electron chi connectivity index (χ0n) is 15.1. The fourth-order valence-electron chi connectivity index (χ4n) is 2.44. The van der Waals surface area contributed by atoms with Crippen LogP contribution in [0.2, 0.25) is 10.0 Å². The zero-order chi connectivity index (χ0) is 22.6. The number of rotatable bonds is 7. The molecule has 0 amide bonds. The van der Waals surface area contributed by atoms with Gasteiger partial charge in [-0.15, -0.1) is 0 Å². The largest absolute Gasteiger partial charge is 0.509 e. The molecule has 30 heavy (non-hydrogen) atoms. The molecule has 0 aliphatic carbocycles. The second kappa shape index (κ2) is 10.2. The first kappa shape index (κ1) is 24.1. The normalized spacial score (nSPS) is 16.8. The highest BCUT2D eigenvalue weighted by Gasteiger charge is 2.34. The van der Waals surface area contributed by atoms with E-state index in [0.29, 0.717) is 0 Å². The molecule has 0 heterocycles. The maximum Gasteiger partial charge on any atom is 0.142 e. The van der Waals surface area contributed by atoms with Gasteiger partial charge in [0.2, 0.25) is 0 Å². The summed E-state index contributed by atoms with van der Waals surface area (Å²) in [7, 11) is 0. The number of hydrogen-bond donors (Lipinski definition) is 6. The third kappa shape index (κ3) is 5.91. The van der Waals surface area contributed by atoms with Crippen molar-refractivity contribution in [1.82, 2.24) is 0 Å². The van der Waals surface area contributed by atoms with Crippen molar-refractivity contribution in [3.8, 4) is 0 Å². The van der Waals surface area contributed by atoms with Crippen LogP contribution in [0.3, 0.4) is 0 Å². The summed E-state index contributed by atoms with van der Waals surface area (Å²) < 4.78 is 26.9. The molecular formula is C20H18Cl2F2O6. The Labute approximate surface area is 180 Å². The minimum absolute atomic E-state index is 0.100. The molecule has 0 spiro atoms. The second-order valence-electron chi connectivity index (χ2n) is 6.36. The minimum atomic E-state index is -2.15. The summed E-state index contributed by atoms with van der Waals surface area (Å²) in [5.74, 6) is -3.26. The van der Waals surface area contributed by atoms with Gasteiger partial charge in [-0.05, 0) is 47.5 Å². The van der Waals surface area contributed by atoms with Gasteiger partial charge in [0.15, 0.2) is 0 Å². The van der Waals surface area contributed by atoms with Gasteiger partial charge in [0, 0.05) is 0 Å². The molecule has 0 bridgehead atoms. The predicted molar refractivity (Wildman–Crippen MR) is 108 cm³/mol. The van der Waals surface area contributed by atoms with Gasteiger partial charge in [0.1, 0.15) is 47.6 Å². The molecule has 0 aliphatic rings. The Morgan fingerprint density at radius 3 is 1.33 bits per heavy atom. The monoisotopic (exact) mass is 462 g/mol. The molecule has 0 fully saturated rings. The molecule has 2 aromatic carbocycles. The third-order valence-electron chi connectivity index (χ3n) is 4.12. The van der Waals surface area contributed by atoms with Gasteiger partial charge >= 0.3 is 0 Å². The fourth-order valence-corrected chi connectivity index (χ4v) is 2.68. The van der Waals surface area contributed by atoms with Crippen LogP contribution in [0.25, 0.3) is 12.2 Å². The summed E-state index contributed by atoms with van der Waals surface area (Å²) in [5.41, 5.74) is 0.200. The van der Waals surface area contributed by atoms with E-state index in [4.69, 9.17) is 23.2 Å². The van der Waals surface area contributed by atoms with Crippen LogP contribution in [-0.2, 0) is 0 Å². The van der Waals surface area contributed by atoms with Crippen molar-refractivity contribution in [2.24, 2.45) is 0 Å². The lowest BCUT2D eigenvalue weighted by Gasteiger charge is -2.26. The molecule has 6 nitrogen and oxygen atoms in total. The third-order valence-corrected chi connectivity index (χ3v) is 4.73. The molecule has 4 atom stereocenters. The van der Waals surface area contributed by atoms with Gasteiger partial charge in [-0.3, -0.25) is 0 Å². The lowest BCUT2D eigenvalue weighted by molar-refractivity contribution is -0.0996. The van der Waals surface area contributed by atoms with Gasteiger partial charge in [-0.1, -0.05) is 35.3 Å².